The molecule has 1 aromatic heterocycles. The summed E-state index contributed by atoms with van der Waals surface area (Å²) in [7, 11) is 1.63. The zero-order chi connectivity index (χ0) is 19.9. The van der Waals surface area contributed by atoms with Crippen molar-refractivity contribution in [3.8, 4) is 22.7 Å². The Kier molecular flexibility index (Phi) is 6.71. The minimum absolute atomic E-state index is 0.164. The number of aromatic nitrogens is 2. The van der Waals surface area contributed by atoms with Gasteiger partial charge in [-0.05, 0) is 48.9 Å². The average molecular weight is 398 g/mol. The van der Waals surface area contributed by atoms with Crippen LogP contribution in [0.5, 0.6) is 5.75 Å². The van der Waals surface area contributed by atoms with Crippen LogP contribution in [-0.4, -0.2) is 29.3 Å². The lowest BCUT2D eigenvalue weighted by atomic mass is 10.1. The van der Waals surface area contributed by atoms with E-state index in [-0.39, 0.29) is 5.91 Å². The smallest absolute Gasteiger partial charge is 0.270 e. The molecule has 0 bridgehead atoms. The molecule has 2 aromatic carbocycles. The molecule has 0 atom stereocenters. The van der Waals surface area contributed by atoms with Gasteiger partial charge in [-0.15, -0.1) is 0 Å². The molecule has 0 saturated carbocycles. The van der Waals surface area contributed by atoms with Crippen LogP contribution in [0.2, 0.25) is 5.02 Å². The van der Waals surface area contributed by atoms with Crippen molar-refractivity contribution in [1.29, 1.82) is 0 Å². The lowest BCUT2D eigenvalue weighted by molar-refractivity contribution is 0.0945. The van der Waals surface area contributed by atoms with Crippen molar-refractivity contribution in [2.45, 2.75) is 26.2 Å². The number of nitrogens with one attached hydrogen (secondary N) is 1. The third-order valence-corrected chi connectivity index (χ3v) is 4.79. The Balaban J connectivity index is 1.97. The fourth-order valence-electron chi connectivity index (χ4n) is 2.92. The first-order valence-electron chi connectivity index (χ1n) is 9.41. The lowest BCUT2D eigenvalue weighted by Crippen LogP contribution is -2.26. The zero-order valence-electron chi connectivity index (χ0n) is 16.1. The van der Waals surface area contributed by atoms with E-state index >= 15 is 0 Å². The second-order valence-corrected chi connectivity index (χ2v) is 6.88. The van der Waals surface area contributed by atoms with Crippen molar-refractivity contribution < 1.29 is 9.53 Å². The van der Waals surface area contributed by atoms with Crippen LogP contribution in [-0.2, 0) is 0 Å². The molecule has 3 rings (SSSR count). The standard InChI is InChI=1S/C22H24ClN3O2/c1-3-4-7-14-24-22(27)21-15-19(16-10-12-17(28-2)13-11-16)25-26(21)20-9-6-5-8-18(20)23/h5-6,8-13,15H,3-4,7,14H2,1-2H3,(H,24,27). The van der Waals surface area contributed by atoms with Gasteiger partial charge in [0.05, 0.1) is 23.5 Å². The number of nitrogens with zero attached hydrogens (tertiary/aromatic N) is 2. The fraction of sp³-hybridized carbons (Fsp3) is 0.273. The maximum Gasteiger partial charge on any atom is 0.270 e. The van der Waals surface area contributed by atoms with E-state index < -0.39 is 0 Å². The molecule has 0 saturated heterocycles. The highest BCUT2D eigenvalue weighted by atomic mass is 35.5. The Morgan fingerprint density at radius 2 is 1.89 bits per heavy atom. The van der Waals surface area contributed by atoms with Crippen molar-refractivity contribution in [3.05, 3.63) is 65.3 Å². The minimum atomic E-state index is -0.164. The average Bonchev–Trinajstić information content (AvgIpc) is 3.17. The van der Waals surface area contributed by atoms with Gasteiger partial charge in [0.15, 0.2) is 0 Å². The quantitative estimate of drug-likeness (QED) is 0.536. The van der Waals surface area contributed by atoms with Gasteiger partial charge < -0.3 is 10.1 Å². The van der Waals surface area contributed by atoms with Gasteiger partial charge >= 0.3 is 0 Å². The van der Waals surface area contributed by atoms with Gasteiger partial charge in [0.2, 0.25) is 0 Å². The van der Waals surface area contributed by atoms with Crippen molar-refractivity contribution >= 4 is 17.5 Å². The molecular weight excluding hydrogens is 374 g/mol. The first-order chi connectivity index (χ1) is 13.6. The minimum Gasteiger partial charge on any atom is -0.497 e. The van der Waals surface area contributed by atoms with E-state index in [1.807, 2.05) is 42.5 Å². The van der Waals surface area contributed by atoms with Crippen LogP contribution >= 0.6 is 11.6 Å². The third kappa shape index (κ3) is 4.54. The Labute approximate surface area is 170 Å². The van der Waals surface area contributed by atoms with Gasteiger partial charge in [-0.25, -0.2) is 4.68 Å². The van der Waals surface area contributed by atoms with E-state index in [0.717, 1.165) is 30.6 Å². The highest BCUT2D eigenvalue weighted by Crippen LogP contribution is 2.26. The van der Waals surface area contributed by atoms with Crippen molar-refractivity contribution in [1.82, 2.24) is 15.1 Å². The predicted molar refractivity (Wildman–Crippen MR) is 112 cm³/mol. The molecular formula is C22H24ClN3O2. The zero-order valence-corrected chi connectivity index (χ0v) is 16.9. The molecule has 1 N–H and O–H groups in total. The summed E-state index contributed by atoms with van der Waals surface area (Å²) in [5.41, 5.74) is 2.71. The van der Waals surface area contributed by atoms with E-state index in [0.29, 0.717) is 28.6 Å². The van der Waals surface area contributed by atoms with Crippen molar-refractivity contribution in [2.24, 2.45) is 0 Å². The number of hydrogen-bond acceptors (Lipinski definition) is 3. The molecule has 1 heterocycles. The van der Waals surface area contributed by atoms with Crippen LogP contribution in [0.4, 0.5) is 0 Å². The maximum absolute atomic E-state index is 12.8. The van der Waals surface area contributed by atoms with E-state index in [2.05, 4.69) is 17.3 Å². The summed E-state index contributed by atoms with van der Waals surface area (Å²) >= 11 is 6.37. The lowest BCUT2D eigenvalue weighted by Gasteiger charge is -2.09. The van der Waals surface area contributed by atoms with Gasteiger partial charge in [0.25, 0.3) is 5.91 Å². The van der Waals surface area contributed by atoms with Crippen LogP contribution in [0.1, 0.15) is 36.7 Å². The molecule has 0 fully saturated rings. The second kappa shape index (κ2) is 9.42. The largest absolute Gasteiger partial charge is 0.497 e. The Morgan fingerprint density at radius 1 is 1.14 bits per heavy atom. The number of halogens is 1. The van der Waals surface area contributed by atoms with Gasteiger partial charge in [0, 0.05) is 12.1 Å². The number of rotatable bonds is 8. The summed E-state index contributed by atoms with van der Waals surface area (Å²) in [5.74, 6) is 0.603. The predicted octanol–water partition coefficient (Wildman–Crippen LogP) is 5.12. The molecule has 1 amide bonds. The van der Waals surface area contributed by atoms with E-state index in [9.17, 15) is 4.79 Å². The van der Waals surface area contributed by atoms with Crippen LogP contribution in [0.15, 0.2) is 54.6 Å². The Bertz CT molecular complexity index is 935. The summed E-state index contributed by atoms with van der Waals surface area (Å²) in [6, 6.07) is 16.7. The fourth-order valence-corrected chi connectivity index (χ4v) is 3.14. The molecule has 28 heavy (non-hydrogen) atoms. The van der Waals surface area contributed by atoms with Gasteiger partial charge in [-0.2, -0.15) is 5.10 Å². The summed E-state index contributed by atoms with van der Waals surface area (Å²) in [6.07, 6.45) is 3.14. The van der Waals surface area contributed by atoms with Crippen molar-refractivity contribution in [2.75, 3.05) is 13.7 Å². The number of para-hydroxylation sites is 1. The normalized spacial score (nSPS) is 10.7. The van der Waals surface area contributed by atoms with Gasteiger partial charge in [-0.3, -0.25) is 4.79 Å². The number of carbonyl (C=O) groups is 1. The van der Waals surface area contributed by atoms with Crippen LogP contribution in [0.3, 0.4) is 0 Å². The van der Waals surface area contributed by atoms with Gasteiger partial charge in [-0.1, -0.05) is 43.5 Å². The molecule has 5 nitrogen and oxygen atoms in total. The number of hydrogen-bond donors (Lipinski definition) is 1. The number of amides is 1. The molecule has 0 unspecified atom stereocenters. The molecule has 0 spiro atoms. The first-order valence-corrected chi connectivity index (χ1v) is 9.79. The van der Waals surface area contributed by atoms with E-state index in [1.165, 1.54) is 0 Å². The number of methoxy groups -OCH3 is 1. The highest BCUT2D eigenvalue weighted by Gasteiger charge is 2.18. The number of benzene rings is 2. The summed E-state index contributed by atoms with van der Waals surface area (Å²) in [5, 5.41) is 8.18. The Morgan fingerprint density at radius 3 is 2.57 bits per heavy atom. The number of ether oxygens (including phenoxy) is 1. The van der Waals surface area contributed by atoms with Crippen LogP contribution in [0.25, 0.3) is 16.9 Å². The number of unbranched alkanes of at least 4 members (excludes halogenated alkanes) is 2. The Hall–Kier alpha value is -2.79. The second-order valence-electron chi connectivity index (χ2n) is 6.47. The molecule has 0 radical (unpaired) electrons. The molecule has 3 aromatic rings. The molecule has 6 heteroatoms. The summed E-state index contributed by atoms with van der Waals surface area (Å²) in [6.45, 7) is 2.77. The highest BCUT2D eigenvalue weighted by molar-refractivity contribution is 6.32. The first kappa shape index (κ1) is 20.0. The van der Waals surface area contributed by atoms with Crippen LogP contribution < -0.4 is 10.1 Å². The van der Waals surface area contributed by atoms with Crippen molar-refractivity contribution in [3.63, 3.8) is 0 Å². The topological polar surface area (TPSA) is 56.1 Å². The van der Waals surface area contributed by atoms with Gasteiger partial charge in [0.1, 0.15) is 11.4 Å². The molecule has 0 aliphatic carbocycles. The SMILES string of the molecule is CCCCCNC(=O)c1cc(-c2ccc(OC)cc2)nn1-c1ccccc1Cl. The summed E-state index contributed by atoms with van der Waals surface area (Å²) < 4.78 is 6.82. The number of carbonyl (C=O) groups excluding carboxylic acids is 1. The molecule has 0 aliphatic heterocycles. The van der Waals surface area contributed by atoms with E-state index in [1.54, 1.807) is 23.9 Å². The summed E-state index contributed by atoms with van der Waals surface area (Å²) in [4.78, 5) is 12.8. The van der Waals surface area contributed by atoms with E-state index in [4.69, 9.17) is 16.3 Å². The van der Waals surface area contributed by atoms with Crippen LogP contribution in [0, 0.1) is 0 Å². The monoisotopic (exact) mass is 397 g/mol. The maximum atomic E-state index is 12.8. The molecule has 0 aliphatic rings. The molecule has 146 valence electrons. The third-order valence-electron chi connectivity index (χ3n) is 4.47.